The van der Waals surface area contributed by atoms with Gasteiger partial charge in [0, 0.05) is 10.7 Å². The number of hydrogen-bond acceptors (Lipinski definition) is 2. The van der Waals surface area contributed by atoms with Crippen LogP contribution < -0.4 is 0 Å². The summed E-state index contributed by atoms with van der Waals surface area (Å²) < 4.78 is 22.8. The van der Waals surface area contributed by atoms with Crippen molar-refractivity contribution in [2.45, 2.75) is 18.7 Å². The molecule has 0 radical (unpaired) electrons. The minimum absolute atomic E-state index is 0.141. The maximum absolute atomic E-state index is 11.4. The molecule has 2 aromatic rings. The van der Waals surface area contributed by atoms with E-state index in [1.807, 2.05) is 44.2 Å². The lowest BCUT2D eigenvalue weighted by molar-refractivity contribution is 0.609. The summed E-state index contributed by atoms with van der Waals surface area (Å²) in [7, 11) is 1.71. The highest BCUT2D eigenvalue weighted by Gasteiger charge is 2.12. The molecular formula is C14H13ClO2S. The van der Waals surface area contributed by atoms with E-state index in [1.54, 1.807) is 12.1 Å². The second kappa shape index (κ2) is 4.75. The monoisotopic (exact) mass is 280 g/mol. The SMILES string of the molecule is Cc1cc(-c2ccccc2C)cc(S(=O)(=O)Cl)c1. The van der Waals surface area contributed by atoms with Gasteiger partial charge < -0.3 is 0 Å². The van der Waals surface area contributed by atoms with Crippen LogP contribution >= 0.6 is 10.7 Å². The standard InChI is InChI=1S/C14H13ClO2S/c1-10-7-12(9-13(8-10)18(15,16)17)14-6-4-3-5-11(14)2/h3-9H,1-2H3. The Morgan fingerprint density at radius 2 is 1.67 bits per heavy atom. The fourth-order valence-corrected chi connectivity index (χ4v) is 2.80. The third-order valence-electron chi connectivity index (χ3n) is 2.79. The summed E-state index contributed by atoms with van der Waals surface area (Å²) in [5, 5.41) is 0. The predicted octanol–water partition coefficient (Wildman–Crippen LogP) is 3.90. The van der Waals surface area contributed by atoms with Gasteiger partial charge in [0.05, 0.1) is 4.90 Å². The summed E-state index contributed by atoms with van der Waals surface area (Å²) >= 11 is 0. The largest absolute Gasteiger partial charge is 0.261 e. The summed E-state index contributed by atoms with van der Waals surface area (Å²) in [6.07, 6.45) is 0. The molecule has 94 valence electrons. The van der Waals surface area contributed by atoms with Crippen molar-refractivity contribution in [3.05, 3.63) is 53.6 Å². The number of halogens is 1. The second-order valence-electron chi connectivity index (χ2n) is 4.29. The first-order valence-electron chi connectivity index (χ1n) is 5.50. The lowest BCUT2D eigenvalue weighted by Crippen LogP contribution is -1.93. The van der Waals surface area contributed by atoms with Crippen LogP contribution in [0.1, 0.15) is 11.1 Å². The van der Waals surface area contributed by atoms with Crippen molar-refractivity contribution in [1.82, 2.24) is 0 Å². The summed E-state index contributed by atoms with van der Waals surface area (Å²) in [5.74, 6) is 0. The molecule has 0 unspecified atom stereocenters. The molecule has 0 aromatic heterocycles. The van der Waals surface area contributed by atoms with E-state index >= 15 is 0 Å². The Morgan fingerprint density at radius 1 is 1.00 bits per heavy atom. The van der Waals surface area contributed by atoms with E-state index in [4.69, 9.17) is 10.7 Å². The van der Waals surface area contributed by atoms with Gasteiger partial charge in [0.25, 0.3) is 9.05 Å². The van der Waals surface area contributed by atoms with Gasteiger partial charge in [-0.2, -0.15) is 0 Å². The minimum atomic E-state index is -3.70. The fourth-order valence-electron chi connectivity index (χ4n) is 1.94. The molecule has 0 fully saturated rings. The van der Waals surface area contributed by atoms with Crippen molar-refractivity contribution < 1.29 is 8.42 Å². The Balaban J connectivity index is 2.67. The Hall–Kier alpha value is -1.32. The molecule has 0 aliphatic heterocycles. The molecule has 2 nitrogen and oxygen atoms in total. The highest BCUT2D eigenvalue weighted by molar-refractivity contribution is 8.13. The molecule has 0 aliphatic carbocycles. The smallest absolute Gasteiger partial charge is 0.207 e. The van der Waals surface area contributed by atoms with Gasteiger partial charge in [-0.1, -0.05) is 30.3 Å². The highest BCUT2D eigenvalue weighted by atomic mass is 35.7. The van der Waals surface area contributed by atoms with Crippen LogP contribution in [-0.4, -0.2) is 8.42 Å². The molecular weight excluding hydrogens is 268 g/mol. The zero-order valence-corrected chi connectivity index (χ0v) is 11.7. The first-order chi connectivity index (χ1) is 8.38. The molecule has 0 saturated heterocycles. The van der Waals surface area contributed by atoms with E-state index in [-0.39, 0.29) is 4.90 Å². The van der Waals surface area contributed by atoms with E-state index in [1.165, 1.54) is 0 Å². The van der Waals surface area contributed by atoms with E-state index < -0.39 is 9.05 Å². The average molecular weight is 281 g/mol. The van der Waals surface area contributed by atoms with Crippen LogP contribution in [0.4, 0.5) is 0 Å². The maximum atomic E-state index is 11.4. The molecule has 0 bridgehead atoms. The van der Waals surface area contributed by atoms with Gasteiger partial charge in [0.15, 0.2) is 0 Å². The van der Waals surface area contributed by atoms with Crippen LogP contribution in [0.25, 0.3) is 11.1 Å². The van der Waals surface area contributed by atoms with Gasteiger partial charge in [0.2, 0.25) is 0 Å². The van der Waals surface area contributed by atoms with Crippen molar-refractivity contribution in [3.8, 4) is 11.1 Å². The molecule has 2 aromatic carbocycles. The van der Waals surface area contributed by atoms with Gasteiger partial charge in [-0.05, 0) is 48.2 Å². The van der Waals surface area contributed by atoms with Gasteiger partial charge >= 0.3 is 0 Å². The van der Waals surface area contributed by atoms with Crippen LogP contribution in [0, 0.1) is 13.8 Å². The quantitative estimate of drug-likeness (QED) is 0.782. The van der Waals surface area contributed by atoms with E-state index in [0.717, 1.165) is 22.3 Å². The van der Waals surface area contributed by atoms with Crippen LogP contribution in [-0.2, 0) is 9.05 Å². The van der Waals surface area contributed by atoms with Crippen molar-refractivity contribution in [3.63, 3.8) is 0 Å². The van der Waals surface area contributed by atoms with Crippen molar-refractivity contribution in [1.29, 1.82) is 0 Å². The zero-order chi connectivity index (χ0) is 13.3. The van der Waals surface area contributed by atoms with E-state index in [9.17, 15) is 8.42 Å². The molecule has 0 heterocycles. The van der Waals surface area contributed by atoms with Crippen molar-refractivity contribution >= 4 is 19.7 Å². The third kappa shape index (κ3) is 2.74. The molecule has 0 atom stereocenters. The number of hydrogen-bond donors (Lipinski definition) is 0. The molecule has 0 spiro atoms. The van der Waals surface area contributed by atoms with Crippen LogP contribution in [0.15, 0.2) is 47.4 Å². The van der Waals surface area contributed by atoms with Gasteiger partial charge in [-0.25, -0.2) is 8.42 Å². The molecule has 2 rings (SSSR count). The summed E-state index contributed by atoms with van der Waals surface area (Å²) in [5.41, 5.74) is 3.85. The zero-order valence-electron chi connectivity index (χ0n) is 10.1. The molecule has 0 amide bonds. The summed E-state index contributed by atoms with van der Waals surface area (Å²) in [6, 6.07) is 13.0. The van der Waals surface area contributed by atoms with Gasteiger partial charge in [-0.3, -0.25) is 0 Å². The highest BCUT2D eigenvalue weighted by Crippen LogP contribution is 2.28. The number of benzene rings is 2. The van der Waals surface area contributed by atoms with Crippen molar-refractivity contribution in [2.24, 2.45) is 0 Å². The minimum Gasteiger partial charge on any atom is -0.207 e. The van der Waals surface area contributed by atoms with E-state index in [0.29, 0.717) is 0 Å². The normalized spacial score (nSPS) is 11.5. The first-order valence-corrected chi connectivity index (χ1v) is 7.81. The summed E-state index contributed by atoms with van der Waals surface area (Å²) in [4.78, 5) is 0.141. The van der Waals surface area contributed by atoms with Crippen molar-refractivity contribution in [2.75, 3.05) is 0 Å². The van der Waals surface area contributed by atoms with Gasteiger partial charge in [-0.15, -0.1) is 0 Å². The molecule has 4 heteroatoms. The maximum Gasteiger partial charge on any atom is 0.261 e. The van der Waals surface area contributed by atoms with Crippen LogP contribution in [0.3, 0.4) is 0 Å². The third-order valence-corrected chi connectivity index (χ3v) is 4.12. The molecule has 18 heavy (non-hydrogen) atoms. The Labute approximate surface area is 112 Å². The molecule has 0 aliphatic rings. The van der Waals surface area contributed by atoms with E-state index in [2.05, 4.69) is 0 Å². The van der Waals surface area contributed by atoms with Crippen LogP contribution in [0.5, 0.6) is 0 Å². The average Bonchev–Trinajstić information content (AvgIpc) is 2.27. The molecule has 0 saturated carbocycles. The Kier molecular flexibility index (Phi) is 3.46. The predicted molar refractivity (Wildman–Crippen MR) is 74.4 cm³/mol. The first kappa shape index (κ1) is 13.1. The van der Waals surface area contributed by atoms with Crippen LogP contribution in [0.2, 0.25) is 0 Å². The topological polar surface area (TPSA) is 34.1 Å². The number of rotatable bonds is 2. The summed E-state index contributed by atoms with van der Waals surface area (Å²) in [6.45, 7) is 3.85. The second-order valence-corrected chi connectivity index (χ2v) is 6.85. The molecule has 0 N–H and O–H groups in total. The fraction of sp³-hybridized carbons (Fsp3) is 0.143. The Morgan fingerprint density at radius 3 is 2.28 bits per heavy atom. The van der Waals surface area contributed by atoms with Gasteiger partial charge in [0.1, 0.15) is 0 Å². The Bertz CT molecular complexity index is 691. The lowest BCUT2D eigenvalue weighted by Gasteiger charge is -2.08. The number of aryl methyl sites for hydroxylation is 2. The lowest BCUT2D eigenvalue weighted by atomic mass is 9.99.